The minimum atomic E-state index is -0.224. The van der Waals surface area contributed by atoms with Crippen LogP contribution in [0.4, 0.5) is 0 Å². The molecule has 31 heavy (non-hydrogen) atoms. The van der Waals surface area contributed by atoms with Crippen molar-refractivity contribution in [2.24, 2.45) is 0 Å². The van der Waals surface area contributed by atoms with E-state index in [-0.39, 0.29) is 37.4 Å². The molecule has 0 aliphatic carbocycles. The Balaban J connectivity index is 1.52. The molecule has 3 aliphatic rings. The Kier molecular flexibility index (Phi) is 7.35. The number of allylic oxidation sites excluding steroid dienone is 1. The van der Waals surface area contributed by atoms with Crippen LogP contribution in [-0.4, -0.2) is 61.2 Å². The number of unbranched alkanes of at least 4 members (excludes halogenated alkanes) is 1. The number of ether oxygens (including phenoxy) is 4. The summed E-state index contributed by atoms with van der Waals surface area (Å²) in [7, 11) is 0. The van der Waals surface area contributed by atoms with Crippen LogP contribution in [0.1, 0.15) is 56.9 Å². The topological polar surface area (TPSA) is 77.5 Å². The molecule has 1 N–H and O–H groups in total. The summed E-state index contributed by atoms with van der Waals surface area (Å²) in [6, 6.07) is 5.96. The number of carbonyl (C=O) groups excluding carboxylic acids is 1. The van der Waals surface area contributed by atoms with Crippen LogP contribution in [0, 0.1) is 0 Å². The first-order valence-electron chi connectivity index (χ1n) is 11.5. The Bertz CT molecular complexity index is 788. The minimum Gasteiger partial charge on any atom is -0.482 e. The van der Waals surface area contributed by atoms with Gasteiger partial charge < -0.3 is 29.0 Å². The fraction of sp³-hybridized carbons (Fsp3) is 0.625. The third-order valence-corrected chi connectivity index (χ3v) is 6.25. The third-order valence-electron chi connectivity index (χ3n) is 6.25. The number of nitrogens with zero attached hydrogens (tertiary/aromatic N) is 1. The average molecular weight is 432 g/mol. The van der Waals surface area contributed by atoms with Gasteiger partial charge in [-0.05, 0) is 69.2 Å². The Morgan fingerprint density at radius 2 is 2.00 bits per heavy atom. The molecule has 4 rings (SSSR count). The number of hydrogen-bond acceptors (Lipinski definition) is 6. The highest BCUT2D eigenvalue weighted by Crippen LogP contribution is 2.39. The molecule has 3 aliphatic heterocycles. The van der Waals surface area contributed by atoms with Crippen LogP contribution >= 0.6 is 0 Å². The molecule has 0 bridgehead atoms. The maximum Gasteiger partial charge on any atom is 0.288 e. The molecule has 0 spiro atoms. The quantitative estimate of drug-likeness (QED) is 0.636. The first-order valence-corrected chi connectivity index (χ1v) is 11.5. The van der Waals surface area contributed by atoms with E-state index in [4.69, 9.17) is 24.1 Å². The lowest BCUT2D eigenvalue weighted by Gasteiger charge is -2.35. The molecule has 7 nitrogen and oxygen atoms in total. The van der Waals surface area contributed by atoms with Crippen LogP contribution < -0.4 is 9.47 Å². The van der Waals surface area contributed by atoms with Gasteiger partial charge in [0, 0.05) is 32.2 Å². The Hall–Kier alpha value is -2.25. The smallest absolute Gasteiger partial charge is 0.288 e. The van der Waals surface area contributed by atoms with E-state index in [1.54, 1.807) is 0 Å². The fourth-order valence-electron chi connectivity index (χ4n) is 4.38. The van der Waals surface area contributed by atoms with Crippen molar-refractivity contribution in [1.82, 2.24) is 4.90 Å². The summed E-state index contributed by atoms with van der Waals surface area (Å²) in [6.07, 6.45) is 7.07. The molecule has 1 fully saturated rings. The molecule has 1 amide bonds. The van der Waals surface area contributed by atoms with Crippen LogP contribution in [0.2, 0.25) is 0 Å². The van der Waals surface area contributed by atoms with Crippen LogP contribution in [0.5, 0.6) is 11.5 Å². The first kappa shape index (κ1) is 22.0. The van der Waals surface area contributed by atoms with E-state index >= 15 is 0 Å². The molecular weight excluding hydrogens is 398 g/mol. The second kappa shape index (κ2) is 10.4. The van der Waals surface area contributed by atoms with Crippen molar-refractivity contribution < 1.29 is 28.8 Å². The number of piperidine rings is 1. The van der Waals surface area contributed by atoms with Crippen LogP contribution in [-0.2, 0) is 14.3 Å². The zero-order valence-corrected chi connectivity index (χ0v) is 18.3. The summed E-state index contributed by atoms with van der Waals surface area (Å²) in [4.78, 5) is 15.1. The van der Waals surface area contributed by atoms with E-state index in [0.29, 0.717) is 12.4 Å². The second-order valence-corrected chi connectivity index (χ2v) is 8.50. The molecular formula is C24H33NO6. The van der Waals surface area contributed by atoms with Gasteiger partial charge in [0.1, 0.15) is 6.10 Å². The maximum atomic E-state index is 13.2. The van der Waals surface area contributed by atoms with Gasteiger partial charge in [-0.15, -0.1) is 0 Å². The Labute approximate surface area is 183 Å². The normalized spacial score (nSPS) is 23.8. The Morgan fingerprint density at radius 3 is 2.81 bits per heavy atom. The van der Waals surface area contributed by atoms with E-state index < -0.39 is 0 Å². The van der Waals surface area contributed by atoms with E-state index in [1.807, 2.05) is 36.1 Å². The highest BCUT2D eigenvalue weighted by Gasteiger charge is 2.34. The van der Waals surface area contributed by atoms with Gasteiger partial charge in [0.25, 0.3) is 5.91 Å². The number of aliphatic hydroxyl groups is 1. The van der Waals surface area contributed by atoms with Gasteiger partial charge in [-0.3, -0.25) is 4.79 Å². The summed E-state index contributed by atoms with van der Waals surface area (Å²) in [5.74, 6) is 1.92. The van der Waals surface area contributed by atoms with E-state index in [0.717, 1.165) is 62.3 Å². The van der Waals surface area contributed by atoms with Crippen molar-refractivity contribution in [1.29, 1.82) is 0 Å². The SMILES string of the molecule is CC(OCCCCO)C1CC(c2ccc3c(c2)OCO3)C=C(C(=O)N2CCCCC2)O1. The summed E-state index contributed by atoms with van der Waals surface area (Å²) in [6.45, 7) is 4.53. The second-order valence-electron chi connectivity index (χ2n) is 8.50. The Morgan fingerprint density at radius 1 is 1.19 bits per heavy atom. The standard InChI is InChI=1S/C24H33NO6/c1-17(28-12-6-5-11-26)21-14-19(18-7-8-20-22(13-18)30-16-29-20)15-23(31-21)24(27)25-9-3-2-4-10-25/h7-8,13,15,17,19,21,26H,2-6,9-12,14,16H2,1H3. The third kappa shape index (κ3) is 5.33. The van der Waals surface area contributed by atoms with Gasteiger partial charge in [0.15, 0.2) is 17.3 Å². The molecule has 3 heterocycles. The number of benzene rings is 1. The van der Waals surface area contributed by atoms with Gasteiger partial charge in [-0.25, -0.2) is 0 Å². The number of amides is 1. The zero-order chi connectivity index (χ0) is 21.6. The number of carbonyl (C=O) groups is 1. The van der Waals surface area contributed by atoms with Gasteiger partial charge in [0.2, 0.25) is 6.79 Å². The van der Waals surface area contributed by atoms with Crippen molar-refractivity contribution in [2.45, 2.75) is 63.6 Å². The summed E-state index contributed by atoms with van der Waals surface area (Å²) in [5.41, 5.74) is 1.08. The monoisotopic (exact) mass is 431 g/mol. The number of likely N-dealkylation sites (tertiary alicyclic amines) is 1. The average Bonchev–Trinajstić information content (AvgIpc) is 3.29. The van der Waals surface area contributed by atoms with Crippen LogP contribution in [0.3, 0.4) is 0 Å². The zero-order valence-electron chi connectivity index (χ0n) is 18.3. The lowest BCUT2D eigenvalue weighted by Crippen LogP contribution is -2.41. The van der Waals surface area contributed by atoms with Crippen molar-refractivity contribution in [3.05, 3.63) is 35.6 Å². The van der Waals surface area contributed by atoms with Crippen LogP contribution in [0.15, 0.2) is 30.0 Å². The number of rotatable bonds is 8. The molecule has 1 saturated heterocycles. The highest BCUT2D eigenvalue weighted by atomic mass is 16.7. The molecule has 1 aromatic rings. The van der Waals surface area contributed by atoms with E-state index in [9.17, 15) is 4.79 Å². The maximum absolute atomic E-state index is 13.2. The molecule has 3 atom stereocenters. The molecule has 7 heteroatoms. The van der Waals surface area contributed by atoms with E-state index in [1.165, 1.54) is 6.42 Å². The lowest BCUT2D eigenvalue weighted by molar-refractivity contribution is -0.136. The predicted molar refractivity (Wildman–Crippen MR) is 115 cm³/mol. The first-order chi connectivity index (χ1) is 15.2. The molecule has 3 unspecified atom stereocenters. The number of fused-ring (bicyclic) bond motifs is 1. The summed E-state index contributed by atoms with van der Waals surface area (Å²) >= 11 is 0. The highest BCUT2D eigenvalue weighted by molar-refractivity contribution is 5.92. The van der Waals surface area contributed by atoms with Gasteiger partial charge in [0.05, 0.1) is 6.10 Å². The van der Waals surface area contributed by atoms with Crippen molar-refractivity contribution >= 4 is 5.91 Å². The van der Waals surface area contributed by atoms with Gasteiger partial charge >= 0.3 is 0 Å². The summed E-state index contributed by atoms with van der Waals surface area (Å²) < 4.78 is 23.2. The number of hydrogen-bond donors (Lipinski definition) is 1. The fourth-order valence-corrected chi connectivity index (χ4v) is 4.38. The molecule has 170 valence electrons. The predicted octanol–water partition coefficient (Wildman–Crippen LogP) is 3.36. The number of aliphatic hydroxyl groups excluding tert-OH is 1. The minimum absolute atomic E-state index is 0.0253. The van der Waals surface area contributed by atoms with E-state index in [2.05, 4.69) is 0 Å². The van der Waals surface area contributed by atoms with Crippen molar-refractivity contribution in [3.63, 3.8) is 0 Å². The van der Waals surface area contributed by atoms with Gasteiger partial charge in [-0.2, -0.15) is 0 Å². The summed E-state index contributed by atoms with van der Waals surface area (Å²) in [5, 5.41) is 8.98. The largest absolute Gasteiger partial charge is 0.482 e. The van der Waals surface area contributed by atoms with Crippen molar-refractivity contribution in [2.75, 3.05) is 33.1 Å². The van der Waals surface area contributed by atoms with Gasteiger partial charge in [-0.1, -0.05) is 6.07 Å². The molecule has 0 saturated carbocycles. The van der Waals surface area contributed by atoms with Crippen LogP contribution in [0.25, 0.3) is 0 Å². The molecule has 0 radical (unpaired) electrons. The molecule has 1 aromatic carbocycles. The lowest BCUT2D eigenvalue weighted by atomic mass is 9.88. The molecule has 0 aromatic heterocycles. The van der Waals surface area contributed by atoms with Crippen molar-refractivity contribution in [3.8, 4) is 11.5 Å².